The number of carbonyl (C=O) groups is 2. The van der Waals surface area contributed by atoms with E-state index in [9.17, 15) is 9.59 Å². The van der Waals surface area contributed by atoms with Crippen molar-refractivity contribution in [2.24, 2.45) is 0 Å². The Kier molecular flexibility index (Phi) is 6.87. The second-order valence-corrected chi connectivity index (χ2v) is 11.0. The van der Waals surface area contributed by atoms with Crippen molar-refractivity contribution in [3.8, 4) is 22.7 Å². The first kappa shape index (κ1) is 25.2. The summed E-state index contributed by atoms with van der Waals surface area (Å²) in [5.74, 6) is 1.30. The van der Waals surface area contributed by atoms with Gasteiger partial charge in [-0.3, -0.25) is 14.5 Å². The molecule has 3 aromatic carbocycles. The van der Waals surface area contributed by atoms with Crippen molar-refractivity contribution in [1.82, 2.24) is 15.1 Å². The van der Waals surface area contributed by atoms with Crippen LogP contribution in [0.25, 0.3) is 16.9 Å². The zero-order chi connectivity index (χ0) is 26.9. The molecule has 1 atom stereocenters. The molecule has 0 spiro atoms. The summed E-state index contributed by atoms with van der Waals surface area (Å²) in [5.41, 5.74) is 5.52. The van der Waals surface area contributed by atoms with Gasteiger partial charge in [-0.2, -0.15) is 5.10 Å². The van der Waals surface area contributed by atoms with E-state index >= 15 is 0 Å². The lowest BCUT2D eigenvalue weighted by Gasteiger charge is -2.23. The first-order valence-corrected chi connectivity index (χ1v) is 14.2. The third kappa shape index (κ3) is 5.04. The predicted octanol–water partition coefficient (Wildman–Crippen LogP) is 5.30. The van der Waals surface area contributed by atoms with E-state index in [0.29, 0.717) is 5.82 Å². The lowest BCUT2D eigenvalue weighted by Crippen LogP contribution is -2.43. The van der Waals surface area contributed by atoms with Crippen molar-refractivity contribution >= 4 is 29.4 Å². The van der Waals surface area contributed by atoms with Crippen molar-refractivity contribution in [3.63, 3.8) is 0 Å². The smallest absolute Gasteiger partial charge is 0.240 e. The molecule has 2 amide bonds. The van der Waals surface area contributed by atoms with E-state index in [2.05, 4.69) is 5.32 Å². The van der Waals surface area contributed by atoms with Gasteiger partial charge in [0.05, 0.1) is 29.5 Å². The highest BCUT2D eigenvalue weighted by Gasteiger charge is 2.39. The fraction of sp³-hybridized carbons (Fsp3) is 0.258. The number of hydrogen-bond acceptors (Lipinski definition) is 5. The Morgan fingerprint density at radius 3 is 2.46 bits per heavy atom. The molecule has 8 heteroatoms. The minimum atomic E-state index is -0.244. The zero-order valence-corrected chi connectivity index (χ0v) is 22.8. The third-order valence-electron chi connectivity index (χ3n) is 7.08. The summed E-state index contributed by atoms with van der Waals surface area (Å²) in [6.45, 7) is 1.97. The Balaban J connectivity index is 1.61. The SMILES string of the molecule is COc1ccccc1C1SCC(=O)N(CC(=O)NC2CC2)c2c1c(-c1ccccc1)nn2-c1ccc(C)cc1. The molecule has 2 heterocycles. The summed E-state index contributed by atoms with van der Waals surface area (Å²) >= 11 is 1.54. The van der Waals surface area contributed by atoms with Crippen LogP contribution in [0.1, 0.15) is 34.8 Å². The number of thioether (sulfide) groups is 1. The van der Waals surface area contributed by atoms with Crippen LogP contribution >= 0.6 is 11.8 Å². The number of carbonyl (C=O) groups excluding carboxylic acids is 2. The van der Waals surface area contributed by atoms with E-state index in [1.165, 1.54) is 11.8 Å². The summed E-state index contributed by atoms with van der Waals surface area (Å²) in [5, 5.41) is 7.94. The number of hydrogen-bond donors (Lipinski definition) is 1. The molecule has 1 unspecified atom stereocenters. The van der Waals surface area contributed by atoms with Crippen LogP contribution < -0.4 is 15.0 Å². The van der Waals surface area contributed by atoms with Gasteiger partial charge in [0.15, 0.2) is 0 Å². The molecule has 0 bridgehead atoms. The quantitative estimate of drug-likeness (QED) is 0.345. The molecular weight excluding hydrogens is 508 g/mol. The number of benzene rings is 3. The van der Waals surface area contributed by atoms with Crippen LogP contribution in [0.5, 0.6) is 5.75 Å². The summed E-state index contributed by atoms with van der Waals surface area (Å²) in [4.78, 5) is 28.5. The second-order valence-electron chi connectivity index (χ2n) is 9.95. The van der Waals surface area contributed by atoms with Crippen LogP contribution in [0.3, 0.4) is 0 Å². The number of amides is 2. The molecule has 198 valence electrons. The molecule has 1 aliphatic heterocycles. The van der Waals surface area contributed by atoms with Crippen molar-refractivity contribution in [2.45, 2.75) is 31.1 Å². The van der Waals surface area contributed by atoms with Crippen molar-refractivity contribution in [3.05, 3.63) is 95.6 Å². The lowest BCUT2D eigenvalue weighted by atomic mass is 9.99. The molecule has 1 N–H and O–H groups in total. The number of fused-ring (bicyclic) bond motifs is 1. The fourth-order valence-corrected chi connectivity index (χ4v) is 6.19. The Morgan fingerprint density at radius 1 is 1.03 bits per heavy atom. The van der Waals surface area contributed by atoms with Gasteiger partial charge < -0.3 is 10.1 Å². The van der Waals surface area contributed by atoms with Crippen molar-refractivity contribution in [1.29, 1.82) is 0 Å². The number of para-hydroxylation sites is 1. The molecule has 7 nitrogen and oxygen atoms in total. The highest BCUT2D eigenvalue weighted by atomic mass is 32.2. The first-order chi connectivity index (χ1) is 19.0. The second kappa shape index (κ2) is 10.6. The number of methoxy groups -OCH3 is 1. The number of aromatic nitrogens is 2. The van der Waals surface area contributed by atoms with Crippen molar-refractivity contribution < 1.29 is 14.3 Å². The average molecular weight is 539 g/mol. The van der Waals surface area contributed by atoms with Crippen LogP contribution in [-0.4, -0.2) is 47.0 Å². The van der Waals surface area contributed by atoms with Gasteiger partial charge in [-0.15, -0.1) is 11.8 Å². The molecule has 4 aromatic rings. The summed E-state index contributed by atoms with van der Waals surface area (Å²) in [7, 11) is 1.66. The molecule has 6 rings (SSSR count). The highest BCUT2D eigenvalue weighted by Crippen LogP contribution is 2.50. The largest absolute Gasteiger partial charge is 0.496 e. The molecule has 1 aliphatic carbocycles. The van der Waals surface area contributed by atoms with E-state index in [1.54, 1.807) is 12.0 Å². The zero-order valence-electron chi connectivity index (χ0n) is 22.0. The molecule has 1 aromatic heterocycles. The van der Waals surface area contributed by atoms with Gasteiger partial charge in [0.2, 0.25) is 11.8 Å². The Labute approximate surface area is 232 Å². The van der Waals surface area contributed by atoms with Crippen LogP contribution in [0, 0.1) is 6.92 Å². The van der Waals surface area contributed by atoms with E-state index in [4.69, 9.17) is 9.84 Å². The summed E-state index contributed by atoms with van der Waals surface area (Å²) in [6, 6.07) is 26.2. The maximum atomic E-state index is 13.8. The molecule has 1 saturated carbocycles. The number of anilines is 1. The minimum absolute atomic E-state index is 0.0622. The normalized spacial score (nSPS) is 16.9. The maximum Gasteiger partial charge on any atom is 0.240 e. The first-order valence-electron chi connectivity index (χ1n) is 13.1. The fourth-order valence-electron chi connectivity index (χ4n) is 4.97. The molecule has 2 aliphatic rings. The van der Waals surface area contributed by atoms with E-state index in [-0.39, 0.29) is 35.4 Å². The van der Waals surface area contributed by atoms with Crippen LogP contribution in [0.2, 0.25) is 0 Å². The monoisotopic (exact) mass is 538 g/mol. The topological polar surface area (TPSA) is 76.5 Å². The number of aryl methyl sites for hydroxylation is 1. The van der Waals surface area contributed by atoms with Gasteiger partial charge in [-0.1, -0.05) is 66.2 Å². The van der Waals surface area contributed by atoms with Gasteiger partial charge in [-0.05, 0) is 38.0 Å². The molecule has 0 radical (unpaired) electrons. The Hall–Kier alpha value is -4.04. The van der Waals surface area contributed by atoms with Gasteiger partial charge in [0, 0.05) is 22.7 Å². The third-order valence-corrected chi connectivity index (χ3v) is 8.32. The van der Waals surface area contributed by atoms with Crippen molar-refractivity contribution in [2.75, 3.05) is 24.3 Å². The molecule has 0 saturated heterocycles. The van der Waals surface area contributed by atoms with E-state index in [1.807, 2.05) is 90.5 Å². The lowest BCUT2D eigenvalue weighted by molar-refractivity contribution is -0.123. The predicted molar refractivity (Wildman–Crippen MR) is 155 cm³/mol. The number of rotatable bonds is 7. The van der Waals surface area contributed by atoms with Crippen LogP contribution in [-0.2, 0) is 9.59 Å². The van der Waals surface area contributed by atoms with E-state index < -0.39 is 0 Å². The number of nitrogens with one attached hydrogen (secondary N) is 1. The Morgan fingerprint density at radius 2 is 1.74 bits per heavy atom. The van der Waals surface area contributed by atoms with E-state index in [0.717, 1.165) is 52.2 Å². The maximum absolute atomic E-state index is 13.8. The standard InChI is InChI=1S/C31H30N4O3S/c1-20-12-16-23(17-13-20)35-31-28(29(33-35)21-8-4-3-5-9-21)30(24-10-6-7-11-25(24)38-2)39-19-27(37)34(31)18-26(36)32-22-14-15-22/h3-13,16-17,22,30H,14-15,18-19H2,1-2H3,(H,32,36). The average Bonchev–Trinajstić information content (AvgIpc) is 3.71. The van der Waals surface area contributed by atoms with Crippen LogP contribution in [0.15, 0.2) is 78.9 Å². The molecule has 39 heavy (non-hydrogen) atoms. The van der Waals surface area contributed by atoms with Gasteiger partial charge in [0.1, 0.15) is 18.1 Å². The molecular formula is C31H30N4O3S. The summed E-state index contributed by atoms with van der Waals surface area (Å²) < 4.78 is 7.60. The Bertz CT molecular complexity index is 1510. The van der Waals surface area contributed by atoms with Gasteiger partial charge in [-0.25, -0.2) is 4.68 Å². The minimum Gasteiger partial charge on any atom is -0.496 e. The van der Waals surface area contributed by atoms with Crippen LogP contribution in [0.4, 0.5) is 5.82 Å². The number of nitrogens with zero attached hydrogens (tertiary/aromatic N) is 3. The number of ether oxygens (including phenoxy) is 1. The summed E-state index contributed by atoms with van der Waals surface area (Å²) in [6.07, 6.45) is 1.96. The molecule has 1 fully saturated rings. The highest BCUT2D eigenvalue weighted by molar-refractivity contribution is 8.00. The van der Waals surface area contributed by atoms with Gasteiger partial charge >= 0.3 is 0 Å². The van der Waals surface area contributed by atoms with Gasteiger partial charge in [0.25, 0.3) is 0 Å².